The van der Waals surface area contributed by atoms with Gasteiger partial charge in [0.25, 0.3) is 0 Å². The second kappa shape index (κ2) is 6.96. The van der Waals surface area contributed by atoms with E-state index in [1.54, 1.807) is 6.92 Å². The summed E-state index contributed by atoms with van der Waals surface area (Å²) in [5.41, 5.74) is -0.115. The first-order valence-corrected chi connectivity index (χ1v) is 6.97. The van der Waals surface area contributed by atoms with Crippen LogP contribution in [-0.4, -0.2) is 40.6 Å². The van der Waals surface area contributed by atoms with Crippen LogP contribution < -0.4 is 4.90 Å². The van der Waals surface area contributed by atoms with Crippen molar-refractivity contribution in [1.82, 2.24) is 9.97 Å². The van der Waals surface area contributed by atoms with Crippen LogP contribution in [-0.2, 0) is 9.53 Å². The zero-order valence-electron chi connectivity index (χ0n) is 11.9. The Bertz CT molecular complexity index is 497. The summed E-state index contributed by atoms with van der Waals surface area (Å²) in [5.74, 6) is 0.663. The van der Waals surface area contributed by atoms with Gasteiger partial charge in [0.15, 0.2) is 0 Å². The summed E-state index contributed by atoms with van der Waals surface area (Å²) in [7, 11) is 0. The molecule has 1 aromatic rings. The molecular formula is C13H18N4O4. The number of ether oxygens (including phenoxy) is 1. The second-order valence-electron chi connectivity index (χ2n) is 4.94. The van der Waals surface area contributed by atoms with Crippen molar-refractivity contribution >= 4 is 17.6 Å². The van der Waals surface area contributed by atoms with Crippen molar-refractivity contribution in [2.75, 3.05) is 24.6 Å². The predicted octanol–water partition coefficient (Wildman–Crippen LogP) is 1.55. The number of piperidine rings is 1. The molecule has 0 amide bonds. The second-order valence-corrected chi connectivity index (χ2v) is 4.94. The summed E-state index contributed by atoms with van der Waals surface area (Å²) in [5, 5.41) is 10.6. The standard InChI is InChI=1S/C13H18N4O4/c1-2-21-12(18)7-10-3-5-16(6-4-10)13-14-8-11(9-15-13)17(19)20/h8-10H,2-7H2,1H3. The minimum absolute atomic E-state index is 0.115. The third kappa shape index (κ3) is 4.11. The van der Waals surface area contributed by atoms with Crippen molar-refractivity contribution in [2.45, 2.75) is 26.2 Å². The molecule has 0 bridgehead atoms. The molecule has 0 unspecified atom stereocenters. The van der Waals surface area contributed by atoms with E-state index in [0.717, 1.165) is 25.9 Å². The molecule has 8 nitrogen and oxygen atoms in total. The fourth-order valence-electron chi connectivity index (χ4n) is 2.36. The molecule has 1 fully saturated rings. The summed E-state index contributed by atoms with van der Waals surface area (Å²) in [6, 6.07) is 0. The fraction of sp³-hybridized carbons (Fsp3) is 0.615. The van der Waals surface area contributed by atoms with Gasteiger partial charge in [0.05, 0.1) is 11.5 Å². The van der Waals surface area contributed by atoms with Gasteiger partial charge in [-0.25, -0.2) is 9.97 Å². The van der Waals surface area contributed by atoms with Gasteiger partial charge in [0.2, 0.25) is 5.95 Å². The molecule has 0 radical (unpaired) electrons. The highest BCUT2D eigenvalue weighted by Crippen LogP contribution is 2.23. The Labute approximate surface area is 122 Å². The normalized spacial score (nSPS) is 15.8. The molecule has 1 aliphatic rings. The Balaban J connectivity index is 1.86. The first-order valence-electron chi connectivity index (χ1n) is 6.97. The lowest BCUT2D eigenvalue weighted by atomic mass is 9.94. The fourth-order valence-corrected chi connectivity index (χ4v) is 2.36. The number of hydrogen-bond acceptors (Lipinski definition) is 7. The maximum atomic E-state index is 11.4. The van der Waals surface area contributed by atoms with Gasteiger partial charge in [-0.3, -0.25) is 14.9 Å². The molecule has 114 valence electrons. The summed E-state index contributed by atoms with van der Waals surface area (Å²) >= 11 is 0. The number of anilines is 1. The van der Waals surface area contributed by atoms with Crippen LogP contribution in [0.2, 0.25) is 0 Å². The van der Waals surface area contributed by atoms with Gasteiger partial charge in [-0.1, -0.05) is 0 Å². The Morgan fingerprint density at radius 3 is 2.57 bits per heavy atom. The molecule has 2 heterocycles. The molecule has 1 saturated heterocycles. The third-order valence-corrected chi connectivity index (χ3v) is 3.49. The lowest BCUT2D eigenvalue weighted by molar-refractivity contribution is -0.385. The van der Waals surface area contributed by atoms with Crippen molar-refractivity contribution in [3.8, 4) is 0 Å². The number of hydrogen-bond donors (Lipinski definition) is 0. The minimum Gasteiger partial charge on any atom is -0.466 e. The van der Waals surface area contributed by atoms with Gasteiger partial charge < -0.3 is 9.64 Å². The number of carbonyl (C=O) groups excluding carboxylic acids is 1. The minimum atomic E-state index is -0.518. The molecule has 0 atom stereocenters. The van der Waals surface area contributed by atoms with Crippen molar-refractivity contribution < 1.29 is 14.5 Å². The smallest absolute Gasteiger partial charge is 0.306 e. The van der Waals surface area contributed by atoms with E-state index >= 15 is 0 Å². The maximum absolute atomic E-state index is 11.4. The van der Waals surface area contributed by atoms with Gasteiger partial charge in [-0.2, -0.15) is 0 Å². The maximum Gasteiger partial charge on any atom is 0.306 e. The van der Waals surface area contributed by atoms with Crippen LogP contribution in [0.4, 0.5) is 11.6 Å². The largest absolute Gasteiger partial charge is 0.466 e. The molecule has 8 heteroatoms. The van der Waals surface area contributed by atoms with E-state index < -0.39 is 4.92 Å². The van der Waals surface area contributed by atoms with Crippen LogP contribution in [0, 0.1) is 16.0 Å². The van der Waals surface area contributed by atoms with E-state index in [9.17, 15) is 14.9 Å². The average Bonchev–Trinajstić information content (AvgIpc) is 2.48. The molecule has 1 aliphatic heterocycles. The van der Waals surface area contributed by atoms with Gasteiger partial charge in [-0.15, -0.1) is 0 Å². The van der Waals surface area contributed by atoms with Crippen LogP contribution in [0.3, 0.4) is 0 Å². The molecule has 0 saturated carbocycles. The van der Waals surface area contributed by atoms with Gasteiger partial charge in [0.1, 0.15) is 12.4 Å². The van der Waals surface area contributed by atoms with E-state index in [0.29, 0.717) is 24.9 Å². The van der Waals surface area contributed by atoms with Crippen LogP contribution in [0.5, 0.6) is 0 Å². The quantitative estimate of drug-likeness (QED) is 0.461. The monoisotopic (exact) mass is 294 g/mol. The Morgan fingerprint density at radius 1 is 1.43 bits per heavy atom. The van der Waals surface area contributed by atoms with Gasteiger partial charge >= 0.3 is 11.7 Å². The van der Waals surface area contributed by atoms with Crippen molar-refractivity contribution in [3.63, 3.8) is 0 Å². The van der Waals surface area contributed by atoms with Crippen LogP contribution >= 0.6 is 0 Å². The van der Waals surface area contributed by atoms with Crippen LogP contribution in [0.1, 0.15) is 26.2 Å². The van der Waals surface area contributed by atoms with Gasteiger partial charge in [-0.05, 0) is 25.7 Å². The Hall–Kier alpha value is -2.25. The Kier molecular flexibility index (Phi) is 5.02. The number of esters is 1. The third-order valence-electron chi connectivity index (χ3n) is 3.49. The highest BCUT2D eigenvalue weighted by atomic mass is 16.6. The van der Waals surface area contributed by atoms with E-state index in [2.05, 4.69) is 9.97 Å². The zero-order chi connectivity index (χ0) is 15.2. The highest BCUT2D eigenvalue weighted by molar-refractivity contribution is 5.69. The summed E-state index contributed by atoms with van der Waals surface area (Å²) < 4.78 is 4.95. The molecule has 0 spiro atoms. The number of nitrogens with zero attached hydrogens (tertiary/aromatic N) is 4. The highest BCUT2D eigenvalue weighted by Gasteiger charge is 2.23. The predicted molar refractivity (Wildman–Crippen MR) is 74.9 cm³/mol. The molecule has 0 aliphatic carbocycles. The number of carbonyl (C=O) groups is 1. The summed E-state index contributed by atoms with van der Waals surface area (Å²) in [6.07, 6.45) is 4.60. The molecule has 21 heavy (non-hydrogen) atoms. The molecule has 0 aromatic carbocycles. The zero-order valence-corrected chi connectivity index (χ0v) is 11.9. The Morgan fingerprint density at radius 2 is 2.05 bits per heavy atom. The van der Waals surface area contributed by atoms with Gasteiger partial charge in [0, 0.05) is 19.5 Å². The van der Waals surface area contributed by atoms with E-state index in [-0.39, 0.29) is 11.7 Å². The molecular weight excluding hydrogens is 276 g/mol. The van der Waals surface area contributed by atoms with Crippen LogP contribution in [0.15, 0.2) is 12.4 Å². The molecule has 0 N–H and O–H groups in total. The molecule has 2 rings (SSSR count). The van der Waals surface area contributed by atoms with Crippen LogP contribution in [0.25, 0.3) is 0 Å². The topological polar surface area (TPSA) is 98.5 Å². The summed E-state index contributed by atoms with van der Waals surface area (Å²) in [4.78, 5) is 31.5. The van der Waals surface area contributed by atoms with Crippen molar-refractivity contribution in [3.05, 3.63) is 22.5 Å². The number of rotatable bonds is 5. The first kappa shape index (κ1) is 15.1. The van der Waals surface area contributed by atoms with E-state index in [4.69, 9.17) is 4.74 Å². The van der Waals surface area contributed by atoms with Crippen molar-refractivity contribution in [1.29, 1.82) is 0 Å². The lowest BCUT2D eigenvalue weighted by Crippen LogP contribution is -2.35. The average molecular weight is 294 g/mol. The van der Waals surface area contributed by atoms with E-state index in [1.807, 2.05) is 4.90 Å². The lowest BCUT2D eigenvalue weighted by Gasteiger charge is -2.31. The number of nitro groups is 1. The number of aromatic nitrogens is 2. The SMILES string of the molecule is CCOC(=O)CC1CCN(c2ncc([N+](=O)[O-])cn2)CC1. The molecule has 1 aromatic heterocycles. The summed E-state index contributed by atoms with van der Waals surface area (Å²) in [6.45, 7) is 3.69. The first-order chi connectivity index (χ1) is 10.1. The van der Waals surface area contributed by atoms with Crippen molar-refractivity contribution in [2.24, 2.45) is 5.92 Å². The van der Waals surface area contributed by atoms with E-state index in [1.165, 1.54) is 12.4 Å².